The molecule has 16 heavy (non-hydrogen) atoms. The van der Waals surface area contributed by atoms with Crippen molar-refractivity contribution in [2.45, 2.75) is 0 Å². The van der Waals surface area contributed by atoms with E-state index in [1.165, 1.54) is 0 Å². The third-order valence-electron chi connectivity index (χ3n) is 1.15. The van der Waals surface area contributed by atoms with Gasteiger partial charge in [0.2, 0.25) is 7.21 Å². The fourth-order valence-corrected chi connectivity index (χ4v) is 6.71. The molecule has 0 spiro atoms. The zero-order valence-electron chi connectivity index (χ0n) is 7.35. The Morgan fingerprint density at radius 2 is 1.44 bits per heavy atom. The highest BCUT2D eigenvalue weighted by Gasteiger charge is 2.36. The summed E-state index contributed by atoms with van der Waals surface area (Å²) in [6.07, 6.45) is 9.65. The number of hydrogen-bond acceptors (Lipinski definition) is 3. The van der Waals surface area contributed by atoms with Crippen molar-refractivity contribution in [2.75, 3.05) is 0 Å². The lowest BCUT2D eigenvalue weighted by Crippen LogP contribution is -1.74. The van der Waals surface area contributed by atoms with Gasteiger partial charge < -0.3 is 0 Å². The number of halogens is 4. The fourth-order valence-electron chi connectivity index (χ4n) is 0.733. The summed E-state index contributed by atoms with van der Waals surface area (Å²) < 4.78 is 59.2. The van der Waals surface area contributed by atoms with Crippen LogP contribution in [-0.4, -0.2) is 0 Å². The van der Waals surface area contributed by atoms with E-state index in [0.29, 0.717) is 0 Å². The molecular weight excluding hydrogens is 283 g/mol. The summed E-state index contributed by atoms with van der Waals surface area (Å²) in [5.74, 6) is 3.69. The van der Waals surface area contributed by atoms with Crippen LogP contribution in [0.4, 0.5) is 16.8 Å². The van der Waals surface area contributed by atoms with Crippen molar-refractivity contribution < 1.29 is 16.8 Å². The molecule has 0 radical (unpaired) electrons. The molecule has 10 heteroatoms. The van der Waals surface area contributed by atoms with Crippen LogP contribution in [0, 0.1) is 36.0 Å². The first-order valence-electron chi connectivity index (χ1n) is 3.40. The Morgan fingerprint density at radius 3 is 1.88 bits per heavy atom. The van der Waals surface area contributed by atoms with Gasteiger partial charge in [0.25, 0.3) is 0 Å². The highest BCUT2D eigenvalue weighted by molar-refractivity contribution is 7.86. The van der Waals surface area contributed by atoms with Gasteiger partial charge in [-0.1, -0.05) is 0 Å². The largest absolute Gasteiger partial charge is 0.422 e. The first-order valence-corrected chi connectivity index (χ1v) is 8.05. The van der Waals surface area contributed by atoms with Gasteiger partial charge in [0.1, 0.15) is 0 Å². The van der Waals surface area contributed by atoms with Gasteiger partial charge in [-0.15, -0.1) is 34.1 Å². The minimum absolute atomic E-state index is 1.71. The van der Waals surface area contributed by atoms with Crippen LogP contribution in [0.5, 0.6) is 0 Å². The number of hydrogen-bond donors (Lipinski definition) is 0. The summed E-state index contributed by atoms with van der Waals surface area (Å²) in [7, 11) is -14.7. The van der Waals surface area contributed by atoms with Crippen molar-refractivity contribution in [2.24, 2.45) is 13.5 Å². The zero-order chi connectivity index (χ0) is 12.4. The van der Waals surface area contributed by atoms with Crippen molar-refractivity contribution in [3.05, 3.63) is 0 Å². The van der Waals surface area contributed by atoms with E-state index >= 15 is 0 Å². The smallest absolute Gasteiger partial charge is 0.161 e. The molecule has 1 aliphatic heterocycles. The summed E-state index contributed by atoms with van der Waals surface area (Å²) in [6, 6.07) is 0. The fraction of sp³-hybridized carbons (Fsp3) is 0. The molecule has 0 saturated carbocycles. The standard InChI is InChI=1S/C6H2F4N3P3/c1-3-5-6-14(4-2)11-15(7,8)13-16(9,10)12-14/h1-2H. The van der Waals surface area contributed by atoms with Gasteiger partial charge in [-0.2, -0.15) is 9.03 Å². The molecule has 1 rings (SSSR count). The summed E-state index contributed by atoms with van der Waals surface area (Å²) >= 11 is 0. The molecule has 0 bridgehead atoms. The predicted molar refractivity (Wildman–Crippen MR) is 57.9 cm³/mol. The molecule has 1 unspecified atom stereocenters. The number of terminal acetylenes is 2. The second-order valence-corrected chi connectivity index (χ2v) is 7.94. The minimum Gasteiger partial charge on any atom is -0.161 e. The van der Waals surface area contributed by atoms with Gasteiger partial charge in [0.05, 0.1) is 0 Å². The van der Waals surface area contributed by atoms with Crippen molar-refractivity contribution in [1.82, 2.24) is 0 Å². The van der Waals surface area contributed by atoms with E-state index in [1.54, 1.807) is 11.6 Å². The first kappa shape index (κ1) is 13.2. The van der Waals surface area contributed by atoms with Crippen LogP contribution in [0.15, 0.2) is 13.5 Å². The number of nitrogens with zero attached hydrogens (tertiary/aromatic N) is 3. The van der Waals surface area contributed by atoms with E-state index in [-0.39, 0.29) is 0 Å². The van der Waals surface area contributed by atoms with E-state index in [1.807, 2.05) is 16.1 Å². The molecule has 0 N–H and O–H groups in total. The monoisotopic (exact) mass is 285 g/mol. The summed E-state index contributed by atoms with van der Waals surface area (Å²) in [6.45, 7) is 0. The van der Waals surface area contributed by atoms with E-state index in [2.05, 4.69) is 9.03 Å². The molecular formula is C6H2F4N3P3. The van der Waals surface area contributed by atoms with Crippen molar-refractivity contribution in [3.63, 3.8) is 0 Å². The molecule has 0 saturated heterocycles. The van der Waals surface area contributed by atoms with E-state index in [0.717, 1.165) is 0 Å². The third-order valence-corrected chi connectivity index (χ3v) is 7.45. The molecule has 3 nitrogen and oxygen atoms in total. The topological polar surface area (TPSA) is 37.1 Å². The lowest BCUT2D eigenvalue weighted by Gasteiger charge is -2.13. The maximum absolute atomic E-state index is 12.9. The Labute approximate surface area is 89.8 Å². The minimum atomic E-state index is -5.44. The highest BCUT2D eigenvalue weighted by Crippen LogP contribution is 2.80. The molecule has 1 atom stereocenters. The van der Waals surface area contributed by atoms with Gasteiger partial charge in [0, 0.05) is 0 Å². The van der Waals surface area contributed by atoms with Crippen LogP contribution in [0.3, 0.4) is 0 Å². The maximum atomic E-state index is 12.9. The Balaban J connectivity index is 3.67. The lowest BCUT2D eigenvalue weighted by molar-refractivity contribution is 0.701. The molecule has 0 aromatic heterocycles. The quantitative estimate of drug-likeness (QED) is 0.338. The Morgan fingerprint density at radius 1 is 0.875 bits per heavy atom. The van der Waals surface area contributed by atoms with E-state index in [9.17, 15) is 16.8 Å². The van der Waals surface area contributed by atoms with Gasteiger partial charge in [-0.3, -0.25) is 0 Å². The Hall–Kier alpha value is -0.910. The average molecular weight is 285 g/mol. The highest BCUT2D eigenvalue weighted by atomic mass is 31.3. The van der Waals surface area contributed by atoms with Crippen LogP contribution >= 0.6 is 22.9 Å². The molecule has 1 heterocycles. The van der Waals surface area contributed by atoms with Crippen LogP contribution in [0.1, 0.15) is 0 Å². The number of rotatable bonds is 0. The van der Waals surface area contributed by atoms with Gasteiger partial charge in [-0.25, -0.2) is 0 Å². The zero-order valence-corrected chi connectivity index (χ0v) is 10.0. The summed E-state index contributed by atoms with van der Waals surface area (Å²) in [5.41, 5.74) is 3.64. The van der Waals surface area contributed by atoms with E-state index in [4.69, 9.17) is 12.8 Å². The normalized spacial score (nSPS) is 28.9. The van der Waals surface area contributed by atoms with Crippen LogP contribution < -0.4 is 0 Å². The first-order chi connectivity index (χ1) is 7.24. The molecule has 0 fully saturated rings. The summed E-state index contributed by atoms with van der Waals surface area (Å²) in [4.78, 5) is 0. The molecule has 0 aliphatic carbocycles. The van der Waals surface area contributed by atoms with Crippen molar-refractivity contribution in [1.29, 1.82) is 0 Å². The Bertz CT molecular complexity index is 619. The molecule has 1 aliphatic rings. The van der Waals surface area contributed by atoms with Crippen LogP contribution in [0.25, 0.3) is 0 Å². The molecule has 0 aromatic carbocycles. The Kier molecular flexibility index (Phi) is 3.42. The van der Waals surface area contributed by atoms with Gasteiger partial charge in [0.15, 0.2) is 0 Å². The van der Waals surface area contributed by atoms with Crippen molar-refractivity contribution in [3.8, 4) is 36.0 Å². The molecule has 0 amide bonds. The third kappa shape index (κ3) is 3.04. The predicted octanol–water partition coefficient (Wildman–Crippen LogP) is 5.07. The molecule has 84 valence electrons. The average Bonchev–Trinajstić information content (AvgIpc) is 2.10. The van der Waals surface area contributed by atoms with Gasteiger partial charge in [-0.05, 0) is 23.2 Å². The second-order valence-electron chi connectivity index (χ2n) is 2.29. The van der Waals surface area contributed by atoms with E-state index < -0.39 is 22.9 Å². The van der Waals surface area contributed by atoms with Crippen LogP contribution in [0.2, 0.25) is 0 Å². The van der Waals surface area contributed by atoms with Crippen molar-refractivity contribution >= 4 is 22.9 Å². The maximum Gasteiger partial charge on any atom is 0.422 e. The van der Waals surface area contributed by atoms with Gasteiger partial charge >= 0.3 is 15.7 Å². The van der Waals surface area contributed by atoms with Crippen LogP contribution in [-0.2, 0) is 0 Å². The SMILES string of the molecule is C#CC#CP1(C#C)=NP(F)(F)=NP(F)(F)=N1. The second kappa shape index (κ2) is 4.16. The molecule has 0 aromatic rings. The summed E-state index contributed by atoms with van der Waals surface area (Å²) in [5, 5.41) is 0. The lowest BCUT2D eigenvalue weighted by atomic mass is 10.7.